The van der Waals surface area contributed by atoms with E-state index in [9.17, 15) is 19.5 Å². The van der Waals surface area contributed by atoms with E-state index in [1.165, 1.54) is 7.11 Å². The van der Waals surface area contributed by atoms with Gasteiger partial charge in [-0.2, -0.15) is 0 Å². The first-order valence-electron chi connectivity index (χ1n) is 11.6. The van der Waals surface area contributed by atoms with Crippen molar-refractivity contribution in [3.8, 4) is 0 Å². The topological polar surface area (TPSA) is 92.7 Å². The van der Waals surface area contributed by atoms with Crippen LogP contribution in [0.3, 0.4) is 0 Å². The molecular weight excluding hydrogens is 382 g/mol. The molecule has 2 bridgehead atoms. The highest BCUT2D eigenvalue weighted by atomic mass is 16.5. The van der Waals surface area contributed by atoms with Gasteiger partial charge in [0.15, 0.2) is 6.04 Å². The van der Waals surface area contributed by atoms with Gasteiger partial charge < -0.3 is 15.2 Å². The van der Waals surface area contributed by atoms with Gasteiger partial charge in [0, 0.05) is 17.3 Å². The molecule has 4 aliphatic carbocycles. The second-order valence-corrected chi connectivity index (χ2v) is 11.4. The molecule has 4 saturated carbocycles. The number of fused-ring (bicyclic) bond motifs is 3. The first-order valence-corrected chi connectivity index (χ1v) is 11.6. The van der Waals surface area contributed by atoms with Crippen molar-refractivity contribution in [1.29, 1.82) is 0 Å². The van der Waals surface area contributed by atoms with Crippen molar-refractivity contribution in [1.82, 2.24) is 5.32 Å². The summed E-state index contributed by atoms with van der Waals surface area (Å²) in [6.45, 7) is 6.10. The number of amides is 1. The van der Waals surface area contributed by atoms with Crippen LogP contribution in [0.1, 0.15) is 78.6 Å². The van der Waals surface area contributed by atoms with Gasteiger partial charge in [-0.05, 0) is 67.6 Å². The summed E-state index contributed by atoms with van der Waals surface area (Å²) in [5, 5.41) is 12.3. The fraction of sp³-hybridized carbons (Fsp3) is 0.875. The molecule has 0 heterocycles. The number of hydrogen-bond donors (Lipinski definition) is 2. The van der Waals surface area contributed by atoms with Crippen LogP contribution in [0.2, 0.25) is 0 Å². The van der Waals surface area contributed by atoms with Crippen LogP contribution in [0.25, 0.3) is 0 Å². The fourth-order valence-corrected chi connectivity index (χ4v) is 8.42. The summed E-state index contributed by atoms with van der Waals surface area (Å²) in [7, 11) is 1.26. The van der Waals surface area contributed by atoms with Crippen LogP contribution >= 0.6 is 0 Å². The predicted molar refractivity (Wildman–Crippen MR) is 111 cm³/mol. The van der Waals surface area contributed by atoms with Gasteiger partial charge in [-0.15, -0.1) is 0 Å². The van der Waals surface area contributed by atoms with Crippen LogP contribution in [0.15, 0.2) is 0 Å². The smallest absolute Gasteiger partial charge is 0.330 e. The van der Waals surface area contributed by atoms with Gasteiger partial charge in [0.1, 0.15) is 5.78 Å². The Kier molecular flexibility index (Phi) is 5.12. The number of nitrogens with one attached hydrogen (secondary N) is 1. The highest BCUT2D eigenvalue weighted by molar-refractivity contribution is 5.89. The molecule has 168 valence electrons. The summed E-state index contributed by atoms with van der Waals surface area (Å²) in [5.74, 6) is 0.372. The first kappa shape index (κ1) is 21.8. The van der Waals surface area contributed by atoms with E-state index < -0.39 is 24.0 Å². The van der Waals surface area contributed by atoms with E-state index >= 15 is 0 Å². The van der Waals surface area contributed by atoms with Crippen molar-refractivity contribution < 1.29 is 24.2 Å². The number of carbonyl (C=O) groups is 3. The van der Waals surface area contributed by atoms with Gasteiger partial charge in [-0.3, -0.25) is 9.59 Å². The maximum atomic E-state index is 13.4. The van der Waals surface area contributed by atoms with Crippen LogP contribution < -0.4 is 5.32 Å². The number of aliphatic hydroxyl groups excluding tert-OH is 1. The summed E-state index contributed by atoms with van der Waals surface area (Å²) in [5.41, 5.74) is -0.582. The number of rotatable bonds is 4. The average molecular weight is 420 g/mol. The van der Waals surface area contributed by atoms with E-state index in [2.05, 4.69) is 19.2 Å². The number of carbonyl (C=O) groups excluding carboxylic acids is 3. The Bertz CT molecular complexity index is 767. The molecule has 7 atom stereocenters. The van der Waals surface area contributed by atoms with Gasteiger partial charge in [-0.1, -0.05) is 27.2 Å². The molecule has 0 aliphatic heterocycles. The van der Waals surface area contributed by atoms with Gasteiger partial charge in [-0.25, -0.2) is 4.79 Å². The second-order valence-electron chi connectivity index (χ2n) is 11.4. The van der Waals surface area contributed by atoms with Crippen LogP contribution in [0.5, 0.6) is 0 Å². The maximum Gasteiger partial charge on any atom is 0.330 e. The van der Waals surface area contributed by atoms with E-state index in [0.29, 0.717) is 18.1 Å². The Morgan fingerprint density at radius 1 is 1.13 bits per heavy atom. The number of ether oxygens (including phenoxy) is 1. The molecule has 30 heavy (non-hydrogen) atoms. The van der Waals surface area contributed by atoms with Crippen molar-refractivity contribution >= 4 is 17.7 Å². The van der Waals surface area contributed by atoms with Gasteiger partial charge in [0.2, 0.25) is 5.91 Å². The zero-order valence-electron chi connectivity index (χ0n) is 18.9. The lowest BCUT2D eigenvalue weighted by Crippen LogP contribution is -2.61. The van der Waals surface area contributed by atoms with E-state index in [1.807, 2.05) is 6.92 Å². The molecule has 0 aromatic heterocycles. The van der Waals surface area contributed by atoms with Crippen molar-refractivity contribution in [2.75, 3.05) is 13.7 Å². The Hall–Kier alpha value is -1.43. The van der Waals surface area contributed by atoms with Crippen LogP contribution in [-0.2, 0) is 19.1 Å². The quantitative estimate of drug-likeness (QED) is 0.684. The zero-order chi connectivity index (χ0) is 21.9. The van der Waals surface area contributed by atoms with E-state index in [0.717, 1.165) is 51.4 Å². The minimum atomic E-state index is -1.02. The molecule has 2 N–H and O–H groups in total. The minimum Gasteiger partial charge on any atom is -0.467 e. The van der Waals surface area contributed by atoms with Crippen molar-refractivity contribution in [3.63, 3.8) is 0 Å². The molecule has 6 nitrogen and oxygen atoms in total. The highest BCUT2D eigenvalue weighted by Gasteiger charge is 2.68. The summed E-state index contributed by atoms with van der Waals surface area (Å²) in [6.07, 6.45) is 8.60. The number of hydrogen-bond acceptors (Lipinski definition) is 5. The number of methoxy groups -OCH3 is 1. The molecule has 0 saturated heterocycles. The predicted octanol–water partition coefficient (Wildman–Crippen LogP) is 3.01. The van der Waals surface area contributed by atoms with Gasteiger partial charge >= 0.3 is 5.97 Å². The summed E-state index contributed by atoms with van der Waals surface area (Å²) < 4.78 is 4.73. The number of aliphatic hydroxyl groups is 1. The van der Waals surface area contributed by atoms with E-state index in [-0.39, 0.29) is 28.1 Å². The molecule has 4 rings (SSSR count). The lowest BCUT2D eigenvalue weighted by Gasteiger charge is -2.64. The number of ketones is 1. The molecule has 0 aromatic carbocycles. The van der Waals surface area contributed by atoms with Crippen LogP contribution in [0.4, 0.5) is 0 Å². The van der Waals surface area contributed by atoms with E-state index in [1.54, 1.807) is 0 Å². The molecule has 0 radical (unpaired) electrons. The third-order valence-electron chi connectivity index (χ3n) is 9.85. The Morgan fingerprint density at radius 2 is 1.83 bits per heavy atom. The molecular formula is C24H37NO5. The highest BCUT2D eigenvalue weighted by Crippen LogP contribution is 2.72. The lowest BCUT2D eigenvalue weighted by molar-refractivity contribution is -0.172. The average Bonchev–Trinajstić information content (AvgIpc) is 2.88. The Labute approximate surface area is 179 Å². The molecule has 1 spiro atoms. The number of esters is 1. The molecule has 0 aromatic rings. The summed E-state index contributed by atoms with van der Waals surface area (Å²) in [4.78, 5) is 38.2. The first-order chi connectivity index (χ1) is 14.0. The summed E-state index contributed by atoms with van der Waals surface area (Å²) >= 11 is 0. The van der Waals surface area contributed by atoms with Gasteiger partial charge in [0.05, 0.1) is 13.7 Å². The van der Waals surface area contributed by atoms with E-state index in [4.69, 9.17) is 4.74 Å². The van der Waals surface area contributed by atoms with Crippen molar-refractivity contribution in [2.24, 2.45) is 33.5 Å². The fourth-order valence-electron chi connectivity index (χ4n) is 8.42. The molecule has 4 fully saturated rings. The summed E-state index contributed by atoms with van der Waals surface area (Å²) in [6, 6.07) is -1.02. The second kappa shape index (κ2) is 7.04. The Morgan fingerprint density at radius 3 is 2.50 bits per heavy atom. The van der Waals surface area contributed by atoms with Crippen molar-refractivity contribution in [3.05, 3.63) is 0 Å². The minimum absolute atomic E-state index is 0.0223. The lowest BCUT2D eigenvalue weighted by atomic mass is 9.40. The third kappa shape index (κ3) is 2.89. The van der Waals surface area contributed by atoms with Crippen LogP contribution in [-0.4, -0.2) is 42.5 Å². The van der Waals surface area contributed by atoms with Gasteiger partial charge in [0.25, 0.3) is 0 Å². The number of Topliss-reactive ketones (excluding diaryl/α,β-unsaturated/α-hetero) is 1. The largest absolute Gasteiger partial charge is 0.467 e. The zero-order valence-corrected chi connectivity index (χ0v) is 18.9. The monoisotopic (exact) mass is 419 g/mol. The third-order valence-corrected chi connectivity index (χ3v) is 9.85. The SMILES string of the molecule is COC(=O)[C@H](CO)NC(=O)[C@]1(C)CCC[C@@]2(C)[C@@H]3CC[C@@]4(C)C[C@]3(CC[C@@H]21)CC4=O. The molecule has 1 amide bonds. The Balaban J connectivity index is 1.62. The molecule has 4 aliphatic rings. The molecule has 6 heteroatoms. The maximum absolute atomic E-state index is 13.4. The molecule has 0 unspecified atom stereocenters. The van der Waals surface area contributed by atoms with Crippen molar-refractivity contribution in [2.45, 2.75) is 84.6 Å². The standard InChI is InChI=1S/C24H37NO5/c1-21-10-6-17-22(2)8-5-9-23(3,20(29)25-15(13-26)19(28)30-4)16(22)7-11-24(17,14-21)12-18(21)27/h15-17,26H,5-14H2,1-4H3,(H,25,29)/t15-,16-,17-,21-,22+,23+,24-/m0/s1. The van der Waals surface area contributed by atoms with Crippen LogP contribution in [0, 0.1) is 33.5 Å². The normalized spacial score (nSPS) is 45.8.